The zero-order chi connectivity index (χ0) is 26.9. The van der Waals surface area contributed by atoms with Crippen molar-refractivity contribution in [2.45, 2.75) is 43.7 Å². The van der Waals surface area contributed by atoms with Crippen LogP contribution in [-0.4, -0.2) is 64.7 Å². The summed E-state index contributed by atoms with van der Waals surface area (Å²) in [5.41, 5.74) is 4.07. The third-order valence-corrected chi connectivity index (χ3v) is 6.97. The number of hydrogen-bond donors (Lipinski definition) is 3. The lowest BCUT2D eigenvalue weighted by molar-refractivity contribution is 0.107. The van der Waals surface area contributed by atoms with E-state index in [0.717, 1.165) is 42.7 Å². The van der Waals surface area contributed by atoms with Gasteiger partial charge in [-0.1, -0.05) is 36.1 Å². The van der Waals surface area contributed by atoms with Gasteiger partial charge in [-0.05, 0) is 48.7 Å². The van der Waals surface area contributed by atoms with Crippen LogP contribution in [0.5, 0.6) is 5.75 Å². The first kappa shape index (κ1) is 27.9. The third kappa shape index (κ3) is 7.92. The molecule has 4 rings (SSSR count). The molecule has 38 heavy (non-hydrogen) atoms. The molecular weight excluding hydrogens is 500 g/mol. The Bertz CT molecular complexity index is 1300. The number of aromatic amines is 1. The van der Waals surface area contributed by atoms with E-state index >= 15 is 0 Å². The van der Waals surface area contributed by atoms with Gasteiger partial charge in [-0.3, -0.25) is 9.69 Å². The topological polar surface area (TPSA) is 90.5 Å². The van der Waals surface area contributed by atoms with Gasteiger partial charge in [0.15, 0.2) is 0 Å². The highest BCUT2D eigenvalue weighted by molar-refractivity contribution is 6.20. The highest BCUT2D eigenvalue weighted by atomic mass is 35.5. The third-order valence-electron chi connectivity index (χ3n) is 6.82. The number of rotatable bonds is 10. The van der Waals surface area contributed by atoms with Crippen LogP contribution >= 0.6 is 11.6 Å². The molecule has 2 aromatic carbocycles. The maximum absolute atomic E-state index is 11.8. The van der Waals surface area contributed by atoms with Gasteiger partial charge in [0.1, 0.15) is 0 Å². The Morgan fingerprint density at radius 2 is 1.84 bits per heavy atom. The van der Waals surface area contributed by atoms with Gasteiger partial charge in [0.2, 0.25) is 5.75 Å². The van der Waals surface area contributed by atoms with Crippen LogP contribution in [0.25, 0.3) is 0 Å². The van der Waals surface area contributed by atoms with E-state index in [1.165, 1.54) is 11.9 Å². The minimum Gasteiger partial charge on any atom is -0.502 e. The first-order valence-electron chi connectivity index (χ1n) is 13.0. The summed E-state index contributed by atoms with van der Waals surface area (Å²) in [6.07, 6.45) is 3.17. The highest BCUT2D eigenvalue weighted by Crippen LogP contribution is 2.23. The van der Waals surface area contributed by atoms with Gasteiger partial charge in [0, 0.05) is 68.7 Å². The summed E-state index contributed by atoms with van der Waals surface area (Å²) in [7, 11) is 1.78. The second-order valence-electron chi connectivity index (χ2n) is 9.82. The standard InChI is InChI=1S/C30H35ClN4O3/c1-21(31)16-32-17-26(15-28-29(36)30(37)34-20-33-28)25-11-9-23(10-12-25)4-3-22-5-7-24(8-6-22)18-35-14-13-27(19-35)38-2/h5-12,20-21,26-27,32,36H,13-19H2,1-2H3,(H,33,34,37)/t21?,26?,27-/m1/s1. The zero-order valence-electron chi connectivity index (χ0n) is 21.9. The summed E-state index contributed by atoms with van der Waals surface area (Å²) in [6.45, 7) is 6.20. The number of aromatic hydroxyl groups is 1. The Morgan fingerprint density at radius 3 is 2.47 bits per heavy atom. The average molecular weight is 535 g/mol. The van der Waals surface area contributed by atoms with E-state index in [1.54, 1.807) is 7.11 Å². The fourth-order valence-corrected chi connectivity index (χ4v) is 4.75. The number of nitrogens with zero attached hydrogens (tertiary/aromatic N) is 2. The molecule has 2 heterocycles. The van der Waals surface area contributed by atoms with Gasteiger partial charge in [0.05, 0.1) is 18.1 Å². The monoisotopic (exact) mass is 534 g/mol. The fraction of sp³-hybridized carbons (Fsp3) is 0.400. The molecule has 0 saturated carbocycles. The molecule has 1 fully saturated rings. The Morgan fingerprint density at radius 1 is 1.16 bits per heavy atom. The molecule has 1 saturated heterocycles. The van der Waals surface area contributed by atoms with Crippen molar-refractivity contribution in [3.8, 4) is 17.6 Å². The van der Waals surface area contributed by atoms with Crippen LogP contribution in [-0.2, 0) is 17.7 Å². The molecule has 0 spiro atoms. The Labute approximate surface area is 229 Å². The zero-order valence-corrected chi connectivity index (χ0v) is 22.7. The van der Waals surface area contributed by atoms with Gasteiger partial charge in [-0.15, -0.1) is 11.6 Å². The van der Waals surface area contributed by atoms with Crippen LogP contribution in [0.1, 0.15) is 47.2 Å². The molecule has 0 radical (unpaired) electrons. The lowest BCUT2D eigenvalue weighted by Gasteiger charge is -2.19. The van der Waals surface area contributed by atoms with Crippen molar-refractivity contribution in [3.63, 3.8) is 0 Å². The molecule has 1 aliphatic rings. The van der Waals surface area contributed by atoms with Crippen molar-refractivity contribution in [3.05, 3.63) is 93.2 Å². The Hall–Kier alpha value is -3.15. The number of benzene rings is 2. The maximum Gasteiger partial charge on any atom is 0.293 e. The lowest BCUT2D eigenvalue weighted by atomic mass is 9.93. The minimum atomic E-state index is -0.537. The number of H-pyrrole nitrogens is 1. The number of hydrogen-bond acceptors (Lipinski definition) is 6. The molecule has 1 aliphatic heterocycles. The summed E-state index contributed by atoms with van der Waals surface area (Å²) in [5, 5.41) is 13.5. The summed E-state index contributed by atoms with van der Waals surface area (Å²) in [5.74, 6) is 6.16. The van der Waals surface area contributed by atoms with Crippen molar-refractivity contribution >= 4 is 11.6 Å². The van der Waals surface area contributed by atoms with E-state index in [0.29, 0.717) is 31.3 Å². The second-order valence-corrected chi connectivity index (χ2v) is 10.6. The number of likely N-dealkylation sites (tertiary alicyclic amines) is 1. The normalized spacial score (nSPS) is 17.1. The van der Waals surface area contributed by atoms with Crippen molar-refractivity contribution in [1.29, 1.82) is 0 Å². The SMILES string of the molecule is CO[C@@H]1CCN(Cc2ccc(C#Cc3ccc(C(CNCC(C)Cl)Cc4nc[nH]c(=O)c4O)cc3)cc2)C1. The van der Waals surface area contributed by atoms with Crippen LogP contribution in [0.2, 0.25) is 0 Å². The van der Waals surface area contributed by atoms with Crippen LogP contribution in [0.3, 0.4) is 0 Å². The molecule has 1 aromatic heterocycles. The van der Waals surface area contributed by atoms with Crippen LogP contribution in [0, 0.1) is 11.8 Å². The van der Waals surface area contributed by atoms with Gasteiger partial charge < -0.3 is 20.1 Å². The molecule has 3 atom stereocenters. The molecule has 3 aromatic rings. The van der Waals surface area contributed by atoms with Gasteiger partial charge >= 0.3 is 0 Å². The number of methoxy groups -OCH3 is 1. The average Bonchev–Trinajstić information content (AvgIpc) is 3.38. The second kappa shape index (κ2) is 13.6. The quantitative estimate of drug-likeness (QED) is 0.272. The maximum atomic E-state index is 11.8. The molecule has 200 valence electrons. The Balaban J connectivity index is 1.41. The van der Waals surface area contributed by atoms with E-state index in [4.69, 9.17) is 16.3 Å². The number of ether oxygens (including phenoxy) is 1. The molecule has 0 bridgehead atoms. The highest BCUT2D eigenvalue weighted by Gasteiger charge is 2.21. The summed E-state index contributed by atoms with van der Waals surface area (Å²) < 4.78 is 5.46. The van der Waals surface area contributed by atoms with E-state index < -0.39 is 5.56 Å². The number of alkyl halides is 1. The van der Waals surface area contributed by atoms with E-state index in [-0.39, 0.29) is 17.0 Å². The van der Waals surface area contributed by atoms with Crippen molar-refractivity contribution in [1.82, 2.24) is 20.2 Å². The summed E-state index contributed by atoms with van der Waals surface area (Å²) in [6, 6.07) is 16.5. The predicted octanol–water partition coefficient (Wildman–Crippen LogP) is 3.64. The predicted molar refractivity (Wildman–Crippen MR) is 151 cm³/mol. The molecule has 0 amide bonds. The van der Waals surface area contributed by atoms with Crippen molar-refractivity contribution in [2.24, 2.45) is 0 Å². The van der Waals surface area contributed by atoms with E-state index in [2.05, 4.69) is 56.3 Å². The first-order chi connectivity index (χ1) is 18.4. The van der Waals surface area contributed by atoms with E-state index in [9.17, 15) is 9.90 Å². The molecule has 8 heteroatoms. The number of halogens is 1. The van der Waals surface area contributed by atoms with Crippen LogP contribution < -0.4 is 10.9 Å². The van der Waals surface area contributed by atoms with Gasteiger partial charge in [-0.25, -0.2) is 4.98 Å². The van der Waals surface area contributed by atoms with Crippen LogP contribution in [0.4, 0.5) is 0 Å². The minimum absolute atomic E-state index is 0.00306. The lowest BCUT2D eigenvalue weighted by Crippen LogP contribution is -2.28. The fourth-order valence-electron chi connectivity index (χ4n) is 4.64. The van der Waals surface area contributed by atoms with Crippen molar-refractivity contribution < 1.29 is 9.84 Å². The summed E-state index contributed by atoms with van der Waals surface area (Å²) >= 11 is 6.09. The number of aromatic nitrogens is 2. The first-order valence-corrected chi connectivity index (χ1v) is 13.4. The number of nitrogens with one attached hydrogen (secondary N) is 2. The molecule has 0 aliphatic carbocycles. The van der Waals surface area contributed by atoms with Gasteiger partial charge in [-0.2, -0.15) is 0 Å². The Kier molecular flexibility index (Phi) is 9.97. The van der Waals surface area contributed by atoms with E-state index in [1.807, 2.05) is 31.2 Å². The molecule has 2 unspecified atom stereocenters. The molecule has 3 N–H and O–H groups in total. The smallest absolute Gasteiger partial charge is 0.293 e. The van der Waals surface area contributed by atoms with Crippen molar-refractivity contribution in [2.75, 3.05) is 33.3 Å². The van der Waals surface area contributed by atoms with Gasteiger partial charge in [0.25, 0.3) is 5.56 Å². The molecular formula is C30H35ClN4O3. The molecule has 7 nitrogen and oxygen atoms in total. The summed E-state index contributed by atoms with van der Waals surface area (Å²) in [4.78, 5) is 20.8. The van der Waals surface area contributed by atoms with Crippen LogP contribution in [0.15, 0.2) is 59.7 Å². The largest absolute Gasteiger partial charge is 0.502 e.